The van der Waals surface area contributed by atoms with Crippen molar-refractivity contribution in [3.63, 3.8) is 0 Å². The lowest BCUT2D eigenvalue weighted by Gasteiger charge is -2.26. The molecule has 1 rings (SSSR count). The zero-order valence-electron chi connectivity index (χ0n) is 13.9. The van der Waals surface area contributed by atoms with Gasteiger partial charge in [0.15, 0.2) is 6.04 Å². The van der Waals surface area contributed by atoms with Crippen LogP contribution in [-0.2, 0) is 14.3 Å². The first-order valence-corrected chi connectivity index (χ1v) is 7.45. The third-order valence-corrected chi connectivity index (χ3v) is 3.08. The highest BCUT2D eigenvalue weighted by atomic mass is 16.6. The van der Waals surface area contributed by atoms with E-state index in [2.05, 4.69) is 5.32 Å². The van der Waals surface area contributed by atoms with E-state index < -0.39 is 23.7 Å². The third-order valence-electron chi connectivity index (χ3n) is 3.08. The predicted molar refractivity (Wildman–Crippen MR) is 86.0 cm³/mol. The molecule has 0 spiro atoms. The zero-order valence-corrected chi connectivity index (χ0v) is 13.9. The normalized spacial score (nSPS) is 14.3. The van der Waals surface area contributed by atoms with Gasteiger partial charge in [-0.15, -0.1) is 0 Å². The molecule has 0 aliphatic heterocycles. The Morgan fingerprint density at radius 3 is 2.14 bits per heavy atom. The Morgan fingerprint density at radius 2 is 1.68 bits per heavy atom. The van der Waals surface area contributed by atoms with E-state index in [-0.39, 0.29) is 11.8 Å². The number of nitrogens with one attached hydrogen (secondary N) is 1. The maximum Gasteiger partial charge on any atom is 0.333 e. The van der Waals surface area contributed by atoms with Gasteiger partial charge in [-0.05, 0) is 32.3 Å². The molecule has 0 fully saturated rings. The van der Waals surface area contributed by atoms with Crippen molar-refractivity contribution in [1.29, 1.82) is 0 Å². The number of hydrogen-bond donors (Lipinski definition) is 2. The summed E-state index contributed by atoms with van der Waals surface area (Å²) in [6.07, 6.45) is 0. The molecule has 0 aliphatic rings. The monoisotopic (exact) mass is 306 g/mol. The first-order chi connectivity index (χ1) is 10.1. The lowest BCUT2D eigenvalue weighted by Crippen LogP contribution is -2.47. The van der Waals surface area contributed by atoms with Gasteiger partial charge in [0.05, 0.1) is 6.04 Å². The second-order valence-corrected chi connectivity index (χ2v) is 6.66. The van der Waals surface area contributed by atoms with Crippen molar-refractivity contribution in [2.45, 2.75) is 52.3 Å². The fourth-order valence-corrected chi connectivity index (χ4v) is 1.83. The van der Waals surface area contributed by atoms with Crippen LogP contribution in [0.3, 0.4) is 0 Å². The van der Waals surface area contributed by atoms with Crippen LogP contribution in [0.15, 0.2) is 30.3 Å². The van der Waals surface area contributed by atoms with E-state index in [0.29, 0.717) is 5.56 Å². The average Bonchev–Trinajstić information content (AvgIpc) is 2.42. The van der Waals surface area contributed by atoms with Crippen molar-refractivity contribution in [2.75, 3.05) is 0 Å². The Morgan fingerprint density at radius 1 is 1.14 bits per heavy atom. The van der Waals surface area contributed by atoms with Gasteiger partial charge in [-0.25, -0.2) is 4.79 Å². The molecule has 1 aromatic rings. The summed E-state index contributed by atoms with van der Waals surface area (Å²) in [4.78, 5) is 24.6. The number of benzene rings is 1. The molecule has 0 aliphatic carbocycles. The van der Waals surface area contributed by atoms with Crippen molar-refractivity contribution >= 4 is 11.9 Å². The molecule has 0 radical (unpaired) electrons. The Labute approximate surface area is 132 Å². The van der Waals surface area contributed by atoms with Gasteiger partial charge in [0.25, 0.3) is 0 Å². The van der Waals surface area contributed by atoms with Crippen LogP contribution >= 0.6 is 0 Å². The quantitative estimate of drug-likeness (QED) is 0.817. The number of esters is 1. The number of ether oxygens (including phenoxy) is 1. The second-order valence-electron chi connectivity index (χ2n) is 6.66. The molecule has 2 atom stereocenters. The second kappa shape index (κ2) is 7.40. The van der Waals surface area contributed by atoms with Gasteiger partial charge in [0.1, 0.15) is 5.60 Å². The largest absolute Gasteiger partial charge is 0.458 e. The number of nitrogens with two attached hydrogens (primary N) is 1. The highest BCUT2D eigenvalue weighted by Gasteiger charge is 2.30. The van der Waals surface area contributed by atoms with Gasteiger partial charge in [0, 0.05) is 0 Å². The molecule has 0 saturated heterocycles. The van der Waals surface area contributed by atoms with E-state index in [4.69, 9.17) is 10.5 Å². The van der Waals surface area contributed by atoms with Crippen LogP contribution < -0.4 is 11.1 Å². The van der Waals surface area contributed by atoms with Crippen LogP contribution in [0.2, 0.25) is 0 Å². The van der Waals surface area contributed by atoms with Crippen LogP contribution in [-0.4, -0.2) is 23.5 Å². The summed E-state index contributed by atoms with van der Waals surface area (Å²) >= 11 is 0. The predicted octanol–water partition coefficient (Wildman–Crippen LogP) is 2.17. The van der Waals surface area contributed by atoms with Crippen LogP contribution in [0, 0.1) is 5.92 Å². The fourth-order valence-electron chi connectivity index (χ4n) is 1.83. The smallest absolute Gasteiger partial charge is 0.333 e. The average molecular weight is 306 g/mol. The van der Waals surface area contributed by atoms with E-state index >= 15 is 0 Å². The number of carbonyl (C=O) groups is 2. The summed E-state index contributed by atoms with van der Waals surface area (Å²) in [5, 5.41) is 2.70. The van der Waals surface area contributed by atoms with Crippen LogP contribution in [0.1, 0.15) is 46.2 Å². The fraction of sp³-hybridized carbons (Fsp3) is 0.529. The van der Waals surface area contributed by atoms with Gasteiger partial charge < -0.3 is 15.8 Å². The van der Waals surface area contributed by atoms with Crippen LogP contribution in [0.4, 0.5) is 0 Å². The molecule has 0 heterocycles. The summed E-state index contributed by atoms with van der Waals surface area (Å²) < 4.78 is 5.40. The molecular formula is C17H26N2O3. The topological polar surface area (TPSA) is 81.4 Å². The molecule has 22 heavy (non-hydrogen) atoms. The lowest BCUT2D eigenvalue weighted by molar-refractivity contribution is -0.159. The van der Waals surface area contributed by atoms with Gasteiger partial charge in [-0.1, -0.05) is 44.2 Å². The zero-order chi connectivity index (χ0) is 16.9. The maximum absolute atomic E-state index is 12.4. The summed E-state index contributed by atoms with van der Waals surface area (Å²) in [6, 6.07) is 7.47. The van der Waals surface area contributed by atoms with Crippen molar-refractivity contribution < 1.29 is 14.3 Å². The number of hydrogen-bond acceptors (Lipinski definition) is 4. The minimum absolute atomic E-state index is 0.0185. The molecule has 3 N–H and O–H groups in total. The van der Waals surface area contributed by atoms with Gasteiger partial charge in [-0.3, -0.25) is 4.79 Å². The van der Waals surface area contributed by atoms with Crippen LogP contribution in [0.25, 0.3) is 0 Å². The van der Waals surface area contributed by atoms with E-state index in [1.54, 1.807) is 45.0 Å². The first-order valence-electron chi connectivity index (χ1n) is 7.45. The van der Waals surface area contributed by atoms with Gasteiger partial charge in [0.2, 0.25) is 5.91 Å². The van der Waals surface area contributed by atoms with E-state index in [0.717, 1.165) is 0 Å². The van der Waals surface area contributed by atoms with E-state index in [9.17, 15) is 9.59 Å². The molecule has 5 nitrogen and oxygen atoms in total. The molecule has 1 aromatic carbocycles. The standard InChI is InChI=1S/C17H26N2O3/c1-11(2)13(18)15(20)19-14(12-9-7-6-8-10-12)16(21)22-17(3,4)5/h6-11,13-14H,18H2,1-5H3,(H,19,20)/t13-,14-/m0/s1. The summed E-state index contributed by atoms with van der Waals surface area (Å²) in [7, 11) is 0. The van der Waals surface area contributed by atoms with Crippen molar-refractivity contribution in [3.8, 4) is 0 Å². The first kappa shape index (κ1) is 18.2. The highest BCUT2D eigenvalue weighted by Crippen LogP contribution is 2.19. The Balaban J connectivity index is 2.98. The maximum atomic E-state index is 12.4. The number of rotatable bonds is 5. The number of amides is 1. The summed E-state index contributed by atoms with van der Waals surface area (Å²) in [5.41, 5.74) is 5.89. The SMILES string of the molecule is CC(C)[C@H](N)C(=O)N[C@H](C(=O)OC(C)(C)C)c1ccccc1. The lowest BCUT2D eigenvalue weighted by atomic mass is 10.0. The van der Waals surface area contributed by atoms with Crippen molar-refractivity contribution in [3.05, 3.63) is 35.9 Å². The van der Waals surface area contributed by atoms with Crippen molar-refractivity contribution in [1.82, 2.24) is 5.32 Å². The highest BCUT2D eigenvalue weighted by molar-refractivity contribution is 5.88. The Hall–Kier alpha value is -1.88. The molecule has 5 heteroatoms. The van der Waals surface area contributed by atoms with Crippen molar-refractivity contribution in [2.24, 2.45) is 11.7 Å². The molecule has 122 valence electrons. The minimum Gasteiger partial charge on any atom is -0.458 e. The molecule has 1 amide bonds. The molecule has 0 aromatic heterocycles. The summed E-state index contributed by atoms with van der Waals surface area (Å²) in [5.74, 6) is -0.882. The molecule has 0 bridgehead atoms. The third kappa shape index (κ3) is 5.48. The van der Waals surface area contributed by atoms with Gasteiger partial charge in [-0.2, -0.15) is 0 Å². The Bertz CT molecular complexity index is 506. The van der Waals surface area contributed by atoms with Gasteiger partial charge >= 0.3 is 5.97 Å². The molecule has 0 saturated carbocycles. The molecular weight excluding hydrogens is 280 g/mol. The van der Waals surface area contributed by atoms with Crippen LogP contribution in [0.5, 0.6) is 0 Å². The Kier molecular flexibility index (Phi) is 6.11. The van der Waals surface area contributed by atoms with E-state index in [1.807, 2.05) is 19.9 Å². The minimum atomic E-state index is -0.863. The van der Waals surface area contributed by atoms with E-state index in [1.165, 1.54) is 0 Å². The molecule has 0 unspecified atom stereocenters. The summed E-state index contributed by atoms with van der Waals surface area (Å²) in [6.45, 7) is 9.07. The number of carbonyl (C=O) groups excluding carboxylic acids is 2.